The van der Waals surface area contributed by atoms with Crippen molar-refractivity contribution in [2.75, 3.05) is 0 Å². The standard InChI is InChI=1S/C37H28/c1-24(2)26-22-23-35(29-16-6-5-15-28(26)29)37-33-19-9-7-17-31(33)36(32-18-8-10-20-34(32)37)30-21-11-13-25-12-3-4-14-27(25)30/h3-24H,1-2H3. The highest BCUT2D eigenvalue weighted by atomic mass is 14.2. The number of rotatable bonds is 3. The van der Waals surface area contributed by atoms with Gasteiger partial charge < -0.3 is 0 Å². The van der Waals surface area contributed by atoms with Crippen LogP contribution >= 0.6 is 0 Å². The zero-order valence-corrected chi connectivity index (χ0v) is 21.2. The van der Waals surface area contributed by atoms with Crippen molar-refractivity contribution in [2.24, 2.45) is 0 Å². The maximum absolute atomic E-state index is 2.35. The van der Waals surface area contributed by atoms with Crippen molar-refractivity contribution in [2.45, 2.75) is 19.8 Å². The summed E-state index contributed by atoms with van der Waals surface area (Å²) < 4.78 is 0. The summed E-state index contributed by atoms with van der Waals surface area (Å²) in [6.07, 6.45) is 0. The van der Waals surface area contributed by atoms with Gasteiger partial charge in [-0.25, -0.2) is 0 Å². The molecule has 0 N–H and O–H groups in total. The molecule has 0 bridgehead atoms. The number of fused-ring (bicyclic) bond motifs is 4. The third kappa shape index (κ3) is 3.37. The first-order valence-corrected chi connectivity index (χ1v) is 13.2. The van der Waals surface area contributed by atoms with Crippen molar-refractivity contribution in [1.29, 1.82) is 0 Å². The molecule has 7 rings (SSSR count). The SMILES string of the molecule is CC(C)c1ccc(-c2c3ccccc3c(-c3cccc4ccccc34)c3ccccc23)c2ccccc12. The van der Waals surface area contributed by atoms with E-state index in [-0.39, 0.29) is 0 Å². The summed E-state index contributed by atoms with van der Waals surface area (Å²) in [4.78, 5) is 0. The fourth-order valence-electron chi connectivity index (χ4n) is 6.20. The average Bonchev–Trinajstić information content (AvgIpc) is 2.95. The van der Waals surface area contributed by atoms with Crippen molar-refractivity contribution in [3.63, 3.8) is 0 Å². The molecule has 0 saturated heterocycles. The molecule has 0 aliphatic carbocycles. The Morgan fingerprint density at radius 1 is 0.351 bits per heavy atom. The van der Waals surface area contributed by atoms with Crippen LogP contribution in [0.3, 0.4) is 0 Å². The van der Waals surface area contributed by atoms with Crippen LogP contribution in [0.15, 0.2) is 127 Å². The first-order chi connectivity index (χ1) is 18.2. The van der Waals surface area contributed by atoms with Crippen LogP contribution in [0.1, 0.15) is 25.3 Å². The van der Waals surface area contributed by atoms with E-state index in [0.717, 1.165) is 0 Å². The maximum Gasteiger partial charge on any atom is -0.00201 e. The summed E-state index contributed by atoms with van der Waals surface area (Å²) in [5.74, 6) is 0.473. The molecular formula is C37H28. The molecule has 0 aliphatic heterocycles. The molecule has 0 aliphatic rings. The molecule has 37 heavy (non-hydrogen) atoms. The van der Waals surface area contributed by atoms with E-state index in [2.05, 4.69) is 141 Å². The molecule has 0 fully saturated rings. The third-order valence-electron chi connectivity index (χ3n) is 7.84. The lowest BCUT2D eigenvalue weighted by atomic mass is 9.83. The third-order valence-corrected chi connectivity index (χ3v) is 7.84. The minimum absolute atomic E-state index is 0.473. The monoisotopic (exact) mass is 472 g/mol. The van der Waals surface area contributed by atoms with Gasteiger partial charge in [-0.05, 0) is 76.8 Å². The Kier molecular flexibility index (Phi) is 5.08. The van der Waals surface area contributed by atoms with Crippen LogP contribution in [0.2, 0.25) is 0 Å². The Morgan fingerprint density at radius 2 is 0.784 bits per heavy atom. The summed E-state index contributed by atoms with van der Waals surface area (Å²) in [5, 5.41) is 10.4. The molecule has 0 radical (unpaired) electrons. The minimum atomic E-state index is 0.473. The van der Waals surface area contributed by atoms with Crippen molar-refractivity contribution >= 4 is 43.1 Å². The van der Waals surface area contributed by atoms with Crippen molar-refractivity contribution in [3.8, 4) is 22.3 Å². The van der Waals surface area contributed by atoms with Crippen LogP contribution in [0.5, 0.6) is 0 Å². The van der Waals surface area contributed by atoms with Gasteiger partial charge in [0.05, 0.1) is 0 Å². The van der Waals surface area contributed by atoms with Gasteiger partial charge in [0.25, 0.3) is 0 Å². The van der Waals surface area contributed by atoms with Gasteiger partial charge in [0, 0.05) is 0 Å². The van der Waals surface area contributed by atoms with Gasteiger partial charge >= 0.3 is 0 Å². The first-order valence-electron chi connectivity index (χ1n) is 13.2. The number of benzene rings is 7. The van der Waals surface area contributed by atoms with Crippen LogP contribution in [0.25, 0.3) is 65.3 Å². The second-order valence-electron chi connectivity index (χ2n) is 10.3. The second-order valence-corrected chi connectivity index (χ2v) is 10.3. The summed E-state index contributed by atoms with van der Waals surface area (Å²) in [5.41, 5.74) is 6.63. The van der Waals surface area contributed by atoms with Crippen LogP contribution < -0.4 is 0 Å². The lowest BCUT2D eigenvalue weighted by Crippen LogP contribution is -1.94. The smallest absolute Gasteiger partial charge is 0.00201 e. The molecule has 0 aromatic heterocycles. The molecule has 0 saturated carbocycles. The Balaban J connectivity index is 1.67. The van der Waals surface area contributed by atoms with Gasteiger partial charge in [0.1, 0.15) is 0 Å². The summed E-state index contributed by atoms with van der Waals surface area (Å²) in [7, 11) is 0. The minimum Gasteiger partial charge on any atom is -0.0616 e. The fourth-order valence-corrected chi connectivity index (χ4v) is 6.20. The molecule has 0 heteroatoms. The zero-order chi connectivity index (χ0) is 24.9. The van der Waals surface area contributed by atoms with E-state index in [9.17, 15) is 0 Å². The Hall–Kier alpha value is -4.42. The molecule has 0 amide bonds. The Labute approximate surface area is 217 Å². The molecule has 0 unspecified atom stereocenters. The van der Waals surface area contributed by atoms with Gasteiger partial charge in [-0.2, -0.15) is 0 Å². The molecule has 176 valence electrons. The van der Waals surface area contributed by atoms with E-state index < -0.39 is 0 Å². The molecule has 0 spiro atoms. The summed E-state index contributed by atoms with van der Waals surface area (Å²) in [6.45, 7) is 4.57. The lowest BCUT2D eigenvalue weighted by molar-refractivity contribution is 0.876. The average molecular weight is 473 g/mol. The molecule has 0 atom stereocenters. The van der Waals surface area contributed by atoms with Crippen LogP contribution in [0, 0.1) is 0 Å². The quantitative estimate of drug-likeness (QED) is 0.224. The largest absolute Gasteiger partial charge is 0.0616 e. The van der Waals surface area contributed by atoms with Crippen LogP contribution in [-0.4, -0.2) is 0 Å². The van der Waals surface area contributed by atoms with Crippen molar-refractivity contribution in [1.82, 2.24) is 0 Å². The number of hydrogen-bond donors (Lipinski definition) is 0. The fraction of sp³-hybridized carbons (Fsp3) is 0.0811. The van der Waals surface area contributed by atoms with E-state index >= 15 is 0 Å². The number of hydrogen-bond acceptors (Lipinski definition) is 0. The Bertz CT molecular complexity index is 1890. The van der Waals surface area contributed by atoms with Gasteiger partial charge in [-0.15, -0.1) is 0 Å². The van der Waals surface area contributed by atoms with E-state index in [1.165, 1.54) is 70.9 Å². The summed E-state index contributed by atoms with van der Waals surface area (Å²) >= 11 is 0. The van der Waals surface area contributed by atoms with Gasteiger partial charge in [0.2, 0.25) is 0 Å². The maximum atomic E-state index is 2.35. The van der Waals surface area contributed by atoms with Gasteiger partial charge in [-0.1, -0.05) is 141 Å². The predicted molar refractivity (Wildman–Crippen MR) is 161 cm³/mol. The van der Waals surface area contributed by atoms with Gasteiger partial charge in [-0.3, -0.25) is 0 Å². The first kappa shape index (κ1) is 21.8. The zero-order valence-electron chi connectivity index (χ0n) is 21.2. The Morgan fingerprint density at radius 3 is 1.35 bits per heavy atom. The highest BCUT2D eigenvalue weighted by molar-refractivity contribution is 6.25. The highest BCUT2D eigenvalue weighted by Crippen LogP contribution is 2.47. The second kappa shape index (κ2) is 8.61. The topological polar surface area (TPSA) is 0 Å². The van der Waals surface area contributed by atoms with E-state index in [4.69, 9.17) is 0 Å². The van der Waals surface area contributed by atoms with Crippen LogP contribution in [0.4, 0.5) is 0 Å². The van der Waals surface area contributed by atoms with E-state index in [1.807, 2.05) is 0 Å². The van der Waals surface area contributed by atoms with Crippen molar-refractivity contribution in [3.05, 3.63) is 133 Å². The predicted octanol–water partition coefficient (Wildman–Crippen LogP) is 10.8. The molecule has 7 aromatic carbocycles. The molecule has 7 aromatic rings. The molecule has 0 heterocycles. The van der Waals surface area contributed by atoms with Gasteiger partial charge in [0.15, 0.2) is 0 Å². The normalized spacial score (nSPS) is 11.8. The highest BCUT2D eigenvalue weighted by Gasteiger charge is 2.19. The van der Waals surface area contributed by atoms with Crippen molar-refractivity contribution < 1.29 is 0 Å². The van der Waals surface area contributed by atoms with E-state index in [1.54, 1.807) is 0 Å². The van der Waals surface area contributed by atoms with E-state index in [0.29, 0.717) is 5.92 Å². The van der Waals surface area contributed by atoms with Crippen LogP contribution in [-0.2, 0) is 0 Å². The summed E-state index contributed by atoms with van der Waals surface area (Å²) in [6, 6.07) is 46.9. The lowest BCUT2D eigenvalue weighted by Gasteiger charge is -2.20. The molecular weight excluding hydrogens is 444 g/mol. The molecule has 0 nitrogen and oxygen atoms in total.